The van der Waals surface area contributed by atoms with E-state index in [0.29, 0.717) is 13.0 Å². The Bertz CT molecular complexity index is 501. The van der Waals surface area contributed by atoms with Crippen molar-refractivity contribution in [3.8, 4) is 5.75 Å². The van der Waals surface area contributed by atoms with Crippen molar-refractivity contribution in [2.75, 3.05) is 25.1 Å². The van der Waals surface area contributed by atoms with Crippen molar-refractivity contribution in [3.63, 3.8) is 0 Å². The van der Waals surface area contributed by atoms with Crippen LogP contribution in [0.3, 0.4) is 0 Å². The van der Waals surface area contributed by atoms with Crippen LogP contribution in [0.5, 0.6) is 5.75 Å². The van der Waals surface area contributed by atoms with Crippen molar-refractivity contribution in [2.24, 2.45) is 5.92 Å². The predicted octanol–water partition coefficient (Wildman–Crippen LogP) is 3.00. The Morgan fingerprint density at radius 2 is 2.13 bits per heavy atom. The minimum atomic E-state index is -2.70. The van der Waals surface area contributed by atoms with Gasteiger partial charge in [0, 0.05) is 19.2 Å². The van der Waals surface area contributed by atoms with Gasteiger partial charge in [0.1, 0.15) is 18.2 Å². The van der Waals surface area contributed by atoms with Gasteiger partial charge in [-0.25, -0.2) is 18.0 Å². The van der Waals surface area contributed by atoms with Crippen molar-refractivity contribution in [1.29, 1.82) is 0 Å². The van der Waals surface area contributed by atoms with Crippen molar-refractivity contribution in [1.82, 2.24) is 5.32 Å². The monoisotopic (exact) mass is 334 g/mol. The van der Waals surface area contributed by atoms with E-state index in [4.69, 9.17) is 9.84 Å². The number of aliphatic hydroxyl groups is 1. The number of alkyl halides is 2. The fourth-order valence-electron chi connectivity index (χ4n) is 1.91. The highest BCUT2D eigenvalue weighted by Gasteiger charge is 2.13. The lowest BCUT2D eigenvalue weighted by atomic mass is 10.0. The van der Waals surface area contributed by atoms with E-state index in [-0.39, 0.29) is 24.0 Å². The van der Waals surface area contributed by atoms with Crippen LogP contribution in [0.1, 0.15) is 19.8 Å². The number of carbonyl (C=O) groups is 1. The van der Waals surface area contributed by atoms with Gasteiger partial charge in [0.2, 0.25) is 0 Å². The van der Waals surface area contributed by atoms with Crippen molar-refractivity contribution >= 4 is 11.7 Å². The molecule has 0 aromatic heterocycles. The molecule has 0 aliphatic heterocycles. The number of anilines is 1. The first-order valence-corrected chi connectivity index (χ1v) is 7.32. The molecular weight excluding hydrogens is 313 g/mol. The lowest BCUT2D eigenvalue weighted by Crippen LogP contribution is -2.33. The zero-order valence-electron chi connectivity index (χ0n) is 12.8. The maximum absolute atomic E-state index is 13.2. The number of ether oxygens (including phenoxy) is 1. The average Bonchev–Trinajstić information content (AvgIpc) is 2.51. The van der Waals surface area contributed by atoms with Gasteiger partial charge >= 0.3 is 6.03 Å². The van der Waals surface area contributed by atoms with Crippen LogP contribution in [0.15, 0.2) is 18.2 Å². The second-order valence-corrected chi connectivity index (χ2v) is 4.96. The number of halogens is 3. The van der Waals surface area contributed by atoms with E-state index in [1.165, 1.54) is 6.07 Å². The minimum Gasteiger partial charge on any atom is -0.485 e. The van der Waals surface area contributed by atoms with Gasteiger partial charge in [-0.05, 0) is 24.5 Å². The third-order valence-corrected chi connectivity index (χ3v) is 3.22. The van der Waals surface area contributed by atoms with E-state index in [1.807, 2.05) is 6.92 Å². The summed E-state index contributed by atoms with van der Waals surface area (Å²) in [6.45, 7) is 1.44. The van der Waals surface area contributed by atoms with E-state index in [9.17, 15) is 18.0 Å². The molecule has 1 unspecified atom stereocenters. The van der Waals surface area contributed by atoms with E-state index in [0.717, 1.165) is 18.6 Å². The highest BCUT2D eigenvalue weighted by Crippen LogP contribution is 2.25. The number of benzene rings is 1. The summed E-state index contributed by atoms with van der Waals surface area (Å²) < 4.78 is 42.4. The van der Waals surface area contributed by atoms with E-state index >= 15 is 0 Å². The van der Waals surface area contributed by atoms with Crippen LogP contribution in [0.25, 0.3) is 0 Å². The molecule has 0 fully saturated rings. The Kier molecular flexibility index (Phi) is 8.25. The van der Waals surface area contributed by atoms with Gasteiger partial charge in [0.05, 0.1) is 5.69 Å². The Morgan fingerprint density at radius 3 is 2.74 bits per heavy atom. The second-order valence-electron chi connectivity index (χ2n) is 4.96. The highest BCUT2D eigenvalue weighted by atomic mass is 19.3. The van der Waals surface area contributed by atoms with Crippen molar-refractivity contribution < 1.29 is 27.8 Å². The molecule has 0 saturated carbocycles. The van der Waals surface area contributed by atoms with Gasteiger partial charge < -0.3 is 20.5 Å². The molecule has 0 heterocycles. The molecule has 1 atom stereocenters. The number of rotatable bonds is 9. The van der Waals surface area contributed by atoms with Gasteiger partial charge in [-0.3, -0.25) is 0 Å². The molecule has 8 heteroatoms. The van der Waals surface area contributed by atoms with Crippen LogP contribution >= 0.6 is 0 Å². The highest BCUT2D eigenvalue weighted by molar-refractivity contribution is 5.90. The molecule has 0 bridgehead atoms. The lowest BCUT2D eigenvalue weighted by Gasteiger charge is -2.16. The number of hydrogen-bond acceptors (Lipinski definition) is 3. The molecule has 0 aliphatic rings. The summed E-state index contributed by atoms with van der Waals surface area (Å²) in [5.74, 6) is -0.689. The van der Waals surface area contributed by atoms with Crippen LogP contribution in [0, 0.1) is 11.7 Å². The van der Waals surface area contributed by atoms with Gasteiger partial charge in [-0.15, -0.1) is 0 Å². The molecule has 1 rings (SSSR count). The van der Waals surface area contributed by atoms with Crippen molar-refractivity contribution in [2.45, 2.75) is 26.2 Å². The molecule has 0 radical (unpaired) electrons. The van der Waals surface area contributed by atoms with Crippen molar-refractivity contribution in [3.05, 3.63) is 24.0 Å². The summed E-state index contributed by atoms with van der Waals surface area (Å²) in [7, 11) is 0. The number of nitrogens with one attached hydrogen (secondary N) is 2. The zero-order valence-corrected chi connectivity index (χ0v) is 12.8. The van der Waals surface area contributed by atoms with Crippen LogP contribution in [0.4, 0.5) is 23.7 Å². The van der Waals surface area contributed by atoms with Gasteiger partial charge in [-0.1, -0.05) is 13.3 Å². The summed E-state index contributed by atoms with van der Waals surface area (Å²) in [4.78, 5) is 11.8. The van der Waals surface area contributed by atoms with Crippen LogP contribution < -0.4 is 15.4 Å². The summed E-state index contributed by atoms with van der Waals surface area (Å²) in [5.41, 5.74) is 0.0970. The lowest BCUT2D eigenvalue weighted by molar-refractivity contribution is 0.0821. The molecule has 1 aromatic rings. The maximum atomic E-state index is 13.2. The quantitative estimate of drug-likeness (QED) is 0.650. The van der Waals surface area contributed by atoms with E-state index in [1.54, 1.807) is 0 Å². The molecule has 0 spiro atoms. The molecule has 23 heavy (non-hydrogen) atoms. The van der Waals surface area contributed by atoms with Gasteiger partial charge in [0.25, 0.3) is 6.43 Å². The first-order chi connectivity index (χ1) is 11.0. The summed E-state index contributed by atoms with van der Waals surface area (Å²) in [6.07, 6.45) is -1.35. The molecular formula is C15H21F3N2O3. The molecule has 0 saturated heterocycles. The van der Waals surface area contributed by atoms with Gasteiger partial charge in [-0.2, -0.15) is 0 Å². The Balaban J connectivity index is 2.62. The Hall–Kier alpha value is -1.96. The van der Waals surface area contributed by atoms with Gasteiger partial charge in [0.15, 0.2) is 0 Å². The fourth-order valence-corrected chi connectivity index (χ4v) is 1.91. The molecule has 1 aromatic carbocycles. The first kappa shape index (κ1) is 19.1. The zero-order chi connectivity index (χ0) is 17.2. The summed E-state index contributed by atoms with van der Waals surface area (Å²) in [5, 5.41) is 13.9. The predicted molar refractivity (Wildman–Crippen MR) is 80.4 cm³/mol. The second kappa shape index (κ2) is 9.94. The van der Waals surface area contributed by atoms with Crippen LogP contribution in [-0.2, 0) is 0 Å². The molecule has 130 valence electrons. The number of aliphatic hydroxyl groups excluding tert-OH is 1. The largest absolute Gasteiger partial charge is 0.485 e. The third kappa shape index (κ3) is 7.23. The number of carbonyl (C=O) groups excluding carboxylic acids is 1. The molecule has 3 N–H and O–H groups in total. The Morgan fingerprint density at radius 1 is 1.39 bits per heavy atom. The molecule has 0 aliphatic carbocycles. The molecule has 5 nitrogen and oxygen atoms in total. The summed E-state index contributed by atoms with van der Waals surface area (Å²) >= 11 is 0. The van der Waals surface area contributed by atoms with E-state index < -0.39 is 24.9 Å². The maximum Gasteiger partial charge on any atom is 0.319 e. The van der Waals surface area contributed by atoms with Crippen LogP contribution in [0.2, 0.25) is 0 Å². The SMILES string of the molecule is CCC(CCO)CNC(=O)Nc1ccc(F)cc1OCC(F)F. The Labute approximate surface area is 132 Å². The summed E-state index contributed by atoms with van der Waals surface area (Å²) in [6, 6.07) is 2.69. The van der Waals surface area contributed by atoms with E-state index in [2.05, 4.69) is 10.6 Å². The topological polar surface area (TPSA) is 70.6 Å². The first-order valence-electron chi connectivity index (χ1n) is 7.32. The van der Waals surface area contributed by atoms with Crippen LogP contribution in [-0.4, -0.2) is 37.3 Å². The standard InChI is InChI=1S/C15H21F3N2O3/c1-2-10(5-6-21)8-19-15(22)20-12-4-3-11(16)7-13(12)23-9-14(17)18/h3-4,7,10,14,21H,2,5-6,8-9H2,1H3,(H2,19,20,22). The fraction of sp³-hybridized carbons (Fsp3) is 0.533. The number of amides is 2. The molecule has 2 amide bonds. The normalized spacial score (nSPS) is 12.1. The number of urea groups is 1. The third-order valence-electron chi connectivity index (χ3n) is 3.22. The number of hydrogen-bond donors (Lipinski definition) is 3. The smallest absolute Gasteiger partial charge is 0.319 e. The minimum absolute atomic E-state index is 0.0331. The average molecular weight is 334 g/mol.